The van der Waals surface area contributed by atoms with E-state index in [2.05, 4.69) is 20.2 Å². The summed E-state index contributed by atoms with van der Waals surface area (Å²) in [6.45, 7) is 3.73. The van der Waals surface area contributed by atoms with E-state index in [1.807, 2.05) is 25.1 Å². The molecule has 0 bridgehead atoms. The van der Waals surface area contributed by atoms with Gasteiger partial charge in [-0.15, -0.1) is 5.10 Å². The Labute approximate surface area is 86.4 Å². The Morgan fingerprint density at radius 1 is 1.27 bits per heavy atom. The summed E-state index contributed by atoms with van der Waals surface area (Å²) in [5.74, 6) is 0. The molecule has 74 valence electrons. The van der Waals surface area contributed by atoms with Crippen LogP contribution in [-0.2, 0) is 0 Å². The van der Waals surface area contributed by atoms with Crippen molar-refractivity contribution in [3.8, 4) is 0 Å². The number of nitrogens with zero attached hydrogens (tertiary/aromatic N) is 5. The van der Waals surface area contributed by atoms with Crippen molar-refractivity contribution in [1.82, 2.24) is 10.2 Å². The van der Waals surface area contributed by atoms with Crippen molar-refractivity contribution in [2.75, 3.05) is 0 Å². The van der Waals surface area contributed by atoms with Crippen molar-refractivity contribution >= 4 is 16.6 Å². The molecule has 0 saturated heterocycles. The molecule has 0 atom stereocenters. The highest BCUT2D eigenvalue weighted by Crippen LogP contribution is 2.28. The van der Waals surface area contributed by atoms with Crippen LogP contribution in [0.15, 0.2) is 23.3 Å². The maximum atomic E-state index is 8.48. The highest BCUT2D eigenvalue weighted by Gasteiger charge is 2.06. The first-order chi connectivity index (χ1) is 7.24. The Bertz CT molecular complexity index is 569. The molecule has 5 heteroatoms. The van der Waals surface area contributed by atoms with Crippen LogP contribution in [0.4, 0.5) is 5.69 Å². The van der Waals surface area contributed by atoms with Crippen LogP contribution in [0.25, 0.3) is 21.3 Å². The predicted octanol–water partition coefficient (Wildman–Crippen LogP) is 3.19. The minimum atomic E-state index is 0.561. The lowest BCUT2D eigenvalue weighted by Gasteiger charge is -2.04. The summed E-state index contributed by atoms with van der Waals surface area (Å²) in [5, 5.41) is 12.6. The zero-order valence-corrected chi connectivity index (χ0v) is 8.47. The SMILES string of the molecule is Cc1nnc2c(C)cccc2c1N=[N+]=[N-]. The molecule has 1 heterocycles. The third-order valence-corrected chi connectivity index (χ3v) is 2.28. The first-order valence-electron chi connectivity index (χ1n) is 4.51. The van der Waals surface area contributed by atoms with Gasteiger partial charge in [-0.1, -0.05) is 23.3 Å². The van der Waals surface area contributed by atoms with E-state index < -0.39 is 0 Å². The molecule has 0 fully saturated rings. The number of fused-ring (bicyclic) bond motifs is 1. The van der Waals surface area contributed by atoms with E-state index in [0.29, 0.717) is 11.4 Å². The smallest absolute Gasteiger partial charge is 0.0963 e. The van der Waals surface area contributed by atoms with Crippen LogP contribution < -0.4 is 0 Å². The maximum absolute atomic E-state index is 8.48. The molecule has 0 saturated carbocycles. The second-order valence-corrected chi connectivity index (χ2v) is 3.29. The summed E-state index contributed by atoms with van der Waals surface area (Å²) in [7, 11) is 0. The molecular formula is C10H9N5. The average molecular weight is 199 g/mol. The number of aromatic nitrogens is 2. The van der Waals surface area contributed by atoms with E-state index in [1.54, 1.807) is 6.92 Å². The Hall–Kier alpha value is -2.13. The van der Waals surface area contributed by atoms with Crippen LogP contribution in [0.3, 0.4) is 0 Å². The third kappa shape index (κ3) is 1.49. The second-order valence-electron chi connectivity index (χ2n) is 3.29. The first kappa shape index (κ1) is 9.43. The molecule has 0 N–H and O–H groups in total. The number of azide groups is 1. The van der Waals surface area contributed by atoms with Gasteiger partial charge in [0.2, 0.25) is 0 Å². The molecule has 0 amide bonds. The fraction of sp³-hybridized carbons (Fsp3) is 0.200. The molecule has 0 aliphatic carbocycles. The minimum Gasteiger partial charge on any atom is -0.155 e. The van der Waals surface area contributed by atoms with Gasteiger partial charge in [0.05, 0.1) is 16.9 Å². The predicted molar refractivity (Wildman–Crippen MR) is 57.8 cm³/mol. The van der Waals surface area contributed by atoms with Crippen molar-refractivity contribution in [3.05, 3.63) is 39.9 Å². The van der Waals surface area contributed by atoms with Crippen LogP contribution in [0.5, 0.6) is 0 Å². The largest absolute Gasteiger partial charge is 0.155 e. The highest BCUT2D eigenvalue weighted by molar-refractivity contribution is 5.91. The summed E-state index contributed by atoms with van der Waals surface area (Å²) in [5.41, 5.74) is 11.5. The van der Waals surface area contributed by atoms with Crippen molar-refractivity contribution in [2.45, 2.75) is 13.8 Å². The number of benzene rings is 1. The molecule has 1 aromatic carbocycles. The minimum absolute atomic E-state index is 0.561. The Kier molecular flexibility index (Phi) is 2.23. The van der Waals surface area contributed by atoms with Gasteiger partial charge in [-0.2, -0.15) is 5.10 Å². The van der Waals surface area contributed by atoms with E-state index in [1.165, 1.54) is 0 Å². The molecule has 2 aromatic rings. The van der Waals surface area contributed by atoms with Gasteiger partial charge in [-0.3, -0.25) is 0 Å². The highest BCUT2D eigenvalue weighted by atomic mass is 15.2. The quantitative estimate of drug-likeness (QED) is 0.401. The van der Waals surface area contributed by atoms with Gasteiger partial charge in [-0.25, -0.2) is 0 Å². The van der Waals surface area contributed by atoms with Gasteiger partial charge >= 0.3 is 0 Å². The molecule has 0 unspecified atom stereocenters. The molecule has 1 aromatic heterocycles. The van der Waals surface area contributed by atoms with Gasteiger partial charge in [0, 0.05) is 10.3 Å². The zero-order chi connectivity index (χ0) is 10.8. The van der Waals surface area contributed by atoms with Crippen molar-refractivity contribution in [3.63, 3.8) is 0 Å². The summed E-state index contributed by atoms with van der Waals surface area (Å²) in [6.07, 6.45) is 0. The lowest BCUT2D eigenvalue weighted by atomic mass is 10.1. The Balaban J connectivity index is 2.93. The van der Waals surface area contributed by atoms with Crippen LogP contribution in [0.2, 0.25) is 0 Å². The molecule has 0 radical (unpaired) electrons. The zero-order valence-electron chi connectivity index (χ0n) is 8.47. The molecule has 5 nitrogen and oxygen atoms in total. The fourth-order valence-electron chi connectivity index (χ4n) is 1.52. The van der Waals surface area contributed by atoms with Crippen LogP contribution in [0.1, 0.15) is 11.3 Å². The van der Waals surface area contributed by atoms with E-state index in [9.17, 15) is 0 Å². The molecule has 2 rings (SSSR count). The number of hydrogen-bond donors (Lipinski definition) is 0. The number of hydrogen-bond acceptors (Lipinski definition) is 3. The van der Waals surface area contributed by atoms with Crippen molar-refractivity contribution < 1.29 is 0 Å². The van der Waals surface area contributed by atoms with Gasteiger partial charge in [0.1, 0.15) is 0 Å². The summed E-state index contributed by atoms with van der Waals surface area (Å²) in [4.78, 5) is 2.80. The second kappa shape index (κ2) is 3.55. The Morgan fingerprint density at radius 3 is 2.80 bits per heavy atom. The monoisotopic (exact) mass is 199 g/mol. The molecule has 0 aliphatic heterocycles. The van der Waals surface area contributed by atoms with E-state index in [0.717, 1.165) is 16.5 Å². The van der Waals surface area contributed by atoms with Gasteiger partial charge in [0.25, 0.3) is 0 Å². The number of aryl methyl sites for hydroxylation is 2. The standard InChI is InChI=1S/C10H9N5/c1-6-4-3-5-8-9(6)13-12-7(2)10(8)14-15-11/h3-5H,1-2H3. The maximum Gasteiger partial charge on any atom is 0.0963 e. The van der Waals surface area contributed by atoms with Crippen LogP contribution in [0, 0.1) is 13.8 Å². The molecule has 0 spiro atoms. The fourth-order valence-corrected chi connectivity index (χ4v) is 1.52. The van der Waals surface area contributed by atoms with Gasteiger partial charge < -0.3 is 0 Å². The lowest BCUT2D eigenvalue weighted by molar-refractivity contribution is 1.01. The average Bonchev–Trinajstić information content (AvgIpc) is 2.23. The molecule has 0 aliphatic rings. The summed E-state index contributed by atoms with van der Waals surface area (Å²) < 4.78 is 0. The normalized spacial score (nSPS) is 10.0. The third-order valence-electron chi connectivity index (χ3n) is 2.28. The van der Waals surface area contributed by atoms with E-state index >= 15 is 0 Å². The van der Waals surface area contributed by atoms with Gasteiger partial charge in [0.15, 0.2) is 0 Å². The van der Waals surface area contributed by atoms with E-state index in [-0.39, 0.29) is 0 Å². The van der Waals surface area contributed by atoms with Crippen LogP contribution >= 0.6 is 0 Å². The van der Waals surface area contributed by atoms with Gasteiger partial charge in [-0.05, 0) is 24.9 Å². The van der Waals surface area contributed by atoms with Crippen LogP contribution in [-0.4, -0.2) is 10.2 Å². The summed E-state index contributed by atoms with van der Waals surface area (Å²) in [6, 6.07) is 5.75. The number of rotatable bonds is 1. The topological polar surface area (TPSA) is 74.5 Å². The van der Waals surface area contributed by atoms with Crippen molar-refractivity contribution in [2.24, 2.45) is 5.11 Å². The first-order valence-corrected chi connectivity index (χ1v) is 4.51. The Morgan fingerprint density at radius 2 is 2.07 bits per heavy atom. The van der Waals surface area contributed by atoms with E-state index in [4.69, 9.17) is 5.53 Å². The summed E-state index contributed by atoms with van der Waals surface area (Å²) >= 11 is 0. The molecular weight excluding hydrogens is 190 g/mol. The van der Waals surface area contributed by atoms with Crippen molar-refractivity contribution in [1.29, 1.82) is 0 Å². The molecule has 15 heavy (non-hydrogen) atoms. The lowest BCUT2D eigenvalue weighted by Crippen LogP contribution is -1.91.